The number of carbonyl (C=O) groups is 2. The van der Waals surface area contributed by atoms with Gasteiger partial charge in [0.1, 0.15) is 0 Å². The summed E-state index contributed by atoms with van der Waals surface area (Å²) in [4.78, 5) is 26.0. The Kier molecular flexibility index (Phi) is 4.57. The van der Waals surface area contributed by atoms with Gasteiger partial charge in [-0.05, 0) is 13.0 Å². The van der Waals surface area contributed by atoms with E-state index in [2.05, 4.69) is 9.72 Å². The number of rotatable bonds is 5. The zero-order chi connectivity index (χ0) is 12.0. The third-order valence-electron chi connectivity index (χ3n) is 1.93. The smallest absolute Gasteiger partial charge is 0.306 e. The zero-order valence-corrected chi connectivity index (χ0v) is 8.90. The fourth-order valence-corrected chi connectivity index (χ4v) is 1.18. The van der Waals surface area contributed by atoms with Crippen molar-refractivity contribution in [2.24, 2.45) is 0 Å². The molecule has 4 nitrogen and oxygen atoms in total. The second-order valence-corrected chi connectivity index (χ2v) is 3.08. The summed E-state index contributed by atoms with van der Waals surface area (Å²) in [5.41, 5.74) is -0.0423. The minimum Gasteiger partial charge on any atom is -0.466 e. The van der Waals surface area contributed by atoms with Gasteiger partial charge >= 0.3 is 5.97 Å². The Hall–Kier alpha value is -1.78. The summed E-state index contributed by atoms with van der Waals surface area (Å²) in [5, 5.41) is 0. The molecule has 86 valence electrons. The molecule has 0 aliphatic carbocycles. The van der Waals surface area contributed by atoms with Crippen molar-refractivity contribution >= 4 is 11.8 Å². The first-order valence-corrected chi connectivity index (χ1v) is 4.93. The lowest BCUT2D eigenvalue weighted by atomic mass is 10.1. The largest absolute Gasteiger partial charge is 0.466 e. The Bertz CT molecular complexity index is 393. The Balaban J connectivity index is 2.54. The highest BCUT2D eigenvalue weighted by atomic mass is 19.1. The summed E-state index contributed by atoms with van der Waals surface area (Å²) in [7, 11) is 0. The maximum atomic E-state index is 13.1. The van der Waals surface area contributed by atoms with Gasteiger partial charge in [0.05, 0.1) is 24.8 Å². The van der Waals surface area contributed by atoms with E-state index in [9.17, 15) is 14.0 Å². The Morgan fingerprint density at radius 2 is 2.19 bits per heavy atom. The molecule has 1 heterocycles. The van der Waals surface area contributed by atoms with Crippen LogP contribution in [-0.2, 0) is 9.53 Å². The summed E-state index contributed by atoms with van der Waals surface area (Å²) >= 11 is 0. The Labute approximate surface area is 92.4 Å². The van der Waals surface area contributed by atoms with E-state index in [1.165, 1.54) is 12.3 Å². The predicted octanol–water partition coefficient (Wildman–Crippen LogP) is 1.75. The van der Waals surface area contributed by atoms with E-state index in [1.54, 1.807) is 6.92 Å². The Morgan fingerprint density at radius 1 is 1.44 bits per heavy atom. The van der Waals surface area contributed by atoms with Crippen LogP contribution in [0.15, 0.2) is 18.5 Å². The molecule has 0 fully saturated rings. The lowest BCUT2D eigenvalue weighted by Crippen LogP contribution is -2.09. The van der Waals surface area contributed by atoms with Crippen LogP contribution >= 0.6 is 0 Å². The van der Waals surface area contributed by atoms with Gasteiger partial charge in [-0.15, -0.1) is 0 Å². The molecule has 0 unspecified atom stereocenters. The lowest BCUT2D eigenvalue weighted by Gasteiger charge is -2.02. The average Bonchev–Trinajstić information content (AvgIpc) is 2.27. The quantitative estimate of drug-likeness (QED) is 0.565. The number of ether oxygens (including phenoxy) is 1. The maximum Gasteiger partial charge on any atom is 0.306 e. The molecule has 0 saturated carbocycles. The molecule has 1 rings (SSSR count). The number of pyridine rings is 1. The van der Waals surface area contributed by atoms with E-state index in [-0.39, 0.29) is 25.0 Å². The fraction of sp³-hybridized carbons (Fsp3) is 0.364. The van der Waals surface area contributed by atoms with E-state index in [4.69, 9.17) is 0 Å². The highest BCUT2D eigenvalue weighted by Gasteiger charge is 2.13. The van der Waals surface area contributed by atoms with Crippen molar-refractivity contribution in [2.45, 2.75) is 19.8 Å². The SMILES string of the molecule is CCOC(=O)CCC(=O)c1ccncc1F. The van der Waals surface area contributed by atoms with Crippen LogP contribution < -0.4 is 0 Å². The average molecular weight is 225 g/mol. The number of esters is 1. The summed E-state index contributed by atoms with van der Waals surface area (Å²) in [5.74, 6) is -1.55. The van der Waals surface area contributed by atoms with Crippen LogP contribution in [0.2, 0.25) is 0 Å². The number of Topliss-reactive ketones (excluding diaryl/α,β-unsaturated/α-hetero) is 1. The predicted molar refractivity (Wildman–Crippen MR) is 54.4 cm³/mol. The number of hydrogen-bond donors (Lipinski definition) is 0. The van der Waals surface area contributed by atoms with Crippen LogP contribution in [0.4, 0.5) is 4.39 Å². The number of halogens is 1. The lowest BCUT2D eigenvalue weighted by molar-refractivity contribution is -0.143. The van der Waals surface area contributed by atoms with Crippen LogP contribution in [0.1, 0.15) is 30.1 Å². The normalized spacial score (nSPS) is 9.88. The molecule has 0 N–H and O–H groups in total. The van der Waals surface area contributed by atoms with Crippen LogP contribution in [0.3, 0.4) is 0 Å². The first-order valence-electron chi connectivity index (χ1n) is 4.93. The third kappa shape index (κ3) is 3.42. The molecule has 1 aromatic rings. The first-order chi connectivity index (χ1) is 7.65. The molecule has 5 heteroatoms. The minimum atomic E-state index is -0.670. The van der Waals surface area contributed by atoms with Crippen molar-refractivity contribution in [2.75, 3.05) is 6.61 Å². The van der Waals surface area contributed by atoms with Gasteiger partial charge in [-0.2, -0.15) is 0 Å². The van der Waals surface area contributed by atoms with Crippen LogP contribution in [0.5, 0.6) is 0 Å². The molecule has 16 heavy (non-hydrogen) atoms. The summed E-state index contributed by atoms with van der Waals surface area (Å²) in [6, 6.07) is 1.29. The summed E-state index contributed by atoms with van der Waals surface area (Å²) in [6.45, 7) is 1.96. The Morgan fingerprint density at radius 3 is 2.81 bits per heavy atom. The molecule has 0 aromatic carbocycles. The molecule has 0 aliphatic heterocycles. The number of aromatic nitrogens is 1. The van der Waals surface area contributed by atoms with Crippen molar-refractivity contribution in [3.05, 3.63) is 29.8 Å². The maximum absolute atomic E-state index is 13.1. The highest BCUT2D eigenvalue weighted by molar-refractivity contribution is 5.97. The zero-order valence-electron chi connectivity index (χ0n) is 8.90. The van der Waals surface area contributed by atoms with Crippen LogP contribution in [0, 0.1) is 5.82 Å². The van der Waals surface area contributed by atoms with E-state index in [0.29, 0.717) is 0 Å². The van der Waals surface area contributed by atoms with Gasteiger partial charge in [0.25, 0.3) is 0 Å². The number of hydrogen-bond acceptors (Lipinski definition) is 4. The molecular weight excluding hydrogens is 213 g/mol. The van der Waals surface area contributed by atoms with Crippen LogP contribution in [-0.4, -0.2) is 23.3 Å². The molecule has 0 amide bonds. The molecule has 0 atom stereocenters. The number of carbonyl (C=O) groups excluding carboxylic acids is 2. The van der Waals surface area contributed by atoms with Gasteiger partial charge in [-0.25, -0.2) is 4.39 Å². The molecule has 0 bridgehead atoms. The molecule has 1 aromatic heterocycles. The van der Waals surface area contributed by atoms with Gasteiger partial charge in [0.15, 0.2) is 11.6 Å². The van der Waals surface area contributed by atoms with E-state index < -0.39 is 17.6 Å². The second kappa shape index (κ2) is 5.95. The first kappa shape index (κ1) is 12.3. The highest BCUT2D eigenvalue weighted by Crippen LogP contribution is 2.09. The van der Waals surface area contributed by atoms with Crippen molar-refractivity contribution in [3.63, 3.8) is 0 Å². The molecule has 0 aliphatic rings. The summed E-state index contributed by atoms with van der Waals surface area (Å²) in [6.07, 6.45) is 2.21. The van der Waals surface area contributed by atoms with Gasteiger partial charge < -0.3 is 4.74 Å². The number of ketones is 1. The molecule has 0 spiro atoms. The fourth-order valence-electron chi connectivity index (χ4n) is 1.18. The van der Waals surface area contributed by atoms with Crippen molar-refractivity contribution in [3.8, 4) is 0 Å². The topological polar surface area (TPSA) is 56.3 Å². The van der Waals surface area contributed by atoms with Gasteiger partial charge in [-0.1, -0.05) is 0 Å². The van der Waals surface area contributed by atoms with E-state index in [0.717, 1.165) is 6.20 Å². The van der Waals surface area contributed by atoms with Gasteiger partial charge in [0.2, 0.25) is 0 Å². The van der Waals surface area contributed by atoms with E-state index >= 15 is 0 Å². The second-order valence-electron chi connectivity index (χ2n) is 3.08. The molecule has 0 radical (unpaired) electrons. The minimum absolute atomic E-state index is 0.0333. The van der Waals surface area contributed by atoms with E-state index in [1.807, 2.05) is 0 Å². The van der Waals surface area contributed by atoms with Gasteiger partial charge in [-0.3, -0.25) is 14.6 Å². The van der Waals surface area contributed by atoms with Crippen molar-refractivity contribution < 1.29 is 18.7 Å². The molecule has 0 saturated heterocycles. The van der Waals surface area contributed by atoms with Crippen molar-refractivity contribution in [1.82, 2.24) is 4.98 Å². The summed E-state index contributed by atoms with van der Waals surface area (Å²) < 4.78 is 17.8. The van der Waals surface area contributed by atoms with Crippen molar-refractivity contribution in [1.29, 1.82) is 0 Å². The van der Waals surface area contributed by atoms with Crippen LogP contribution in [0.25, 0.3) is 0 Å². The third-order valence-corrected chi connectivity index (χ3v) is 1.93. The number of nitrogens with zero attached hydrogens (tertiary/aromatic N) is 1. The molecular formula is C11H12FNO3. The van der Waals surface area contributed by atoms with Gasteiger partial charge in [0, 0.05) is 12.6 Å². The standard InChI is InChI=1S/C11H12FNO3/c1-2-16-11(15)4-3-10(14)8-5-6-13-7-9(8)12/h5-7H,2-4H2,1H3. The monoisotopic (exact) mass is 225 g/mol.